The normalized spacial score (nSPS) is 19.1. The van der Waals surface area contributed by atoms with Gasteiger partial charge in [-0.3, -0.25) is 4.90 Å². The standard InChI is InChI=1S/C19H22FN/c1-14-8-9-15(2)17(11-14)13-21-10-4-7-19(21)16-5-3-6-18(20)12-16/h3,5-6,8-9,11-12,19H,4,7,10,13H2,1-2H3/t19-/m0/s1. The third-order valence-corrected chi connectivity index (χ3v) is 4.48. The van der Waals surface area contributed by atoms with Crippen molar-refractivity contribution in [2.45, 2.75) is 39.3 Å². The van der Waals surface area contributed by atoms with Gasteiger partial charge in [-0.1, -0.05) is 35.9 Å². The van der Waals surface area contributed by atoms with E-state index in [1.807, 2.05) is 6.07 Å². The number of rotatable bonds is 3. The maximum absolute atomic E-state index is 13.5. The topological polar surface area (TPSA) is 3.24 Å². The van der Waals surface area contributed by atoms with E-state index in [-0.39, 0.29) is 5.82 Å². The van der Waals surface area contributed by atoms with Gasteiger partial charge < -0.3 is 0 Å². The average Bonchev–Trinajstić information content (AvgIpc) is 2.91. The van der Waals surface area contributed by atoms with Gasteiger partial charge in [0.15, 0.2) is 0 Å². The Kier molecular flexibility index (Phi) is 4.07. The molecule has 1 aliphatic heterocycles. The summed E-state index contributed by atoms with van der Waals surface area (Å²) in [5.41, 5.74) is 5.14. The minimum absolute atomic E-state index is 0.133. The van der Waals surface area contributed by atoms with Crippen LogP contribution in [-0.4, -0.2) is 11.4 Å². The number of aryl methyl sites for hydroxylation is 2. The maximum atomic E-state index is 13.5. The van der Waals surface area contributed by atoms with E-state index in [4.69, 9.17) is 0 Å². The molecule has 0 aliphatic carbocycles. The summed E-state index contributed by atoms with van der Waals surface area (Å²) in [6, 6.07) is 14.1. The molecule has 0 unspecified atom stereocenters. The smallest absolute Gasteiger partial charge is 0.123 e. The molecule has 21 heavy (non-hydrogen) atoms. The number of nitrogens with zero attached hydrogens (tertiary/aromatic N) is 1. The van der Waals surface area contributed by atoms with Gasteiger partial charge in [-0.05, 0) is 62.1 Å². The summed E-state index contributed by atoms with van der Waals surface area (Å²) in [7, 11) is 0. The highest BCUT2D eigenvalue weighted by Crippen LogP contribution is 2.33. The summed E-state index contributed by atoms with van der Waals surface area (Å²) >= 11 is 0. The molecule has 0 saturated carbocycles. The fourth-order valence-electron chi connectivity index (χ4n) is 3.30. The lowest BCUT2D eigenvalue weighted by Gasteiger charge is -2.26. The summed E-state index contributed by atoms with van der Waals surface area (Å²) in [6.07, 6.45) is 2.31. The molecule has 2 aromatic rings. The second-order valence-corrected chi connectivity index (χ2v) is 6.11. The van der Waals surface area contributed by atoms with Crippen LogP contribution in [0.1, 0.15) is 41.1 Å². The van der Waals surface area contributed by atoms with Gasteiger partial charge in [0.25, 0.3) is 0 Å². The molecule has 0 spiro atoms. The predicted octanol–water partition coefficient (Wildman–Crippen LogP) is 4.78. The Labute approximate surface area is 126 Å². The quantitative estimate of drug-likeness (QED) is 0.783. The maximum Gasteiger partial charge on any atom is 0.123 e. The summed E-state index contributed by atoms with van der Waals surface area (Å²) < 4.78 is 13.5. The van der Waals surface area contributed by atoms with E-state index in [2.05, 4.69) is 43.0 Å². The monoisotopic (exact) mass is 283 g/mol. The molecule has 2 aromatic carbocycles. The van der Waals surface area contributed by atoms with Crippen molar-refractivity contribution < 1.29 is 4.39 Å². The van der Waals surface area contributed by atoms with Crippen LogP contribution < -0.4 is 0 Å². The largest absolute Gasteiger partial charge is 0.292 e. The Morgan fingerprint density at radius 3 is 2.81 bits per heavy atom. The van der Waals surface area contributed by atoms with Gasteiger partial charge in [0.05, 0.1) is 0 Å². The lowest BCUT2D eigenvalue weighted by atomic mass is 10.0. The first-order valence-corrected chi connectivity index (χ1v) is 7.69. The van der Waals surface area contributed by atoms with Gasteiger partial charge >= 0.3 is 0 Å². The van der Waals surface area contributed by atoms with Gasteiger partial charge in [0, 0.05) is 12.6 Å². The van der Waals surface area contributed by atoms with Crippen molar-refractivity contribution in [2.75, 3.05) is 6.54 Å². The van der Waals surface area contributed by atoms with E-state index < -0.39 is 0 Å². The SMILES string of the molecule is Cc1ccc(C)c(CN2CCC[C@H]2c2cccc(F)c2)c1. The fraction of sp³-hybridized carbons (Fsp3) is 0.368. The molecule has 3 rings (SSSR count). The lowest BCUT2D eigenvalue weighted by molar-refractivity contribution is 0.247. The Morgan fingerprint density at radius 2 is 2.00 bits per heavy atom. The number of halogens is 1. The average molecular weight is 283 g/mol. The first-order valence-electron chi connectivity index (χ1n) is 7.69. The van der Waals surface area contributed by atoms with Crippen LogP contribution in [0, 0.1) is 19.7 Å². The minimum Gasteiger partial charge on any atom is -0.292 e. The molecule has 0 bridgehead atoms. The van der Waals surface area contributed by atoms with Crippen molar-refractivity contribution in [1.29, 1.82) is 0 Å². The molecule has 0 N–H and O–H groups in total. The van der Waals surface area contributed by atoms with E-state index >= 15 is 0 Å². The molecule has 1 fully saturated rings. The fourth-order valence-corrected chi connectivity index (χ4v) is 3.30. The van der Waals surface area contributed by atoms with Crippen molar-refractivity contribution >= 4 is 0 Å². The van der Waals surface area contributed by atoms with Crippen molar-refractivity contribution in [3.05, 3.63) is 70.5 Å². The second kappa shape index (κ2) is 5.98. The predicted molar refractivity (Wildman–Crippen MR) is 84.7 cm³/mol. The van der Waals surface area contributed by atoms with Crippen LogP contribution in [0.2, 0.25) is 0 Å². The van der Waals surface area contributed by atoms with Crippen LogP contribution >= 0.6 is 0 Å². The van der Waals surface area contributed by atoms with Gasteiger partial charge in [0.2, 0.25) is 0 Å². The van der Waals surface area contributed by atoms with Crippen LogP contribution in [0.5, 0.6) is 0 Å². The number of hydrogen-bond acceptors (Lipinski definition) is 1. The van der Waals surface area contributed by atoms with Crippen LogP contribution in [0.3, 0.4) is 0 Å². The zero-order valence-electron chi connectivity index (χ0n) is 12.8. The molecule has 0 aromatic heterocycles. The zero-order chi connectivity index (χ0) is 14.8. The zero-order valence-corrected chi connectivity index (χ0v) is 12.8. The Hall–Kier alpha value is -1.67. The van der Waals surface area contributed by atoms with Crippen LogP contribution in [0.15, 0.2) is 42.5 Å². The van der Waals surface area contributed by atoms with Crippen molar-refractivity contribution in [2.24, 2.45) is 0 Å². The summed E-state index contributed by atoms with van der Waals surface area (Å²) in [5, 5.41) is 0. The van der Waals surface area contributed by atoms with E-state index in [1.54, 1.807) is 6.07 Å². The van der Waals surface area contributed by atoms with E-state index in [0.717, 1.165) is 25.1 Å². The molecular weight excluding hydrogens is 261 g/mol. The molecule has 1 nitrogen and oxygen atoms in total. The lowest BCUT2D eigenvalue weighted by Crippen LogP contribution is -2.23. The third-order valence-electron chi connectivity index (χ3n) is 4.48. The molecule has 0 amide bonds. The Morgan fingerprint density at radius 1 is 1.14 bits per heavy atom. The van der Waals surface area contributed by atoms with Gasteiger partial charge in [-0.25, -0.2) is 4.39 Å². The highest BCUT2D eigenvalue weighted by atomic mass is 19.1. The Bertz CT molecular complexity index is 635. The molecule has 1 aliphatic rings. The highest BCUT2D eigenvalue weighted by Gasteiger charge is 2.26. The first-order chi connectivity index (χ1) is 10.1. The van der Waals surface area contributed by atoms with E-state index in [0.29, 0.717) is 6.04 Å². The molecule has 1 saturated heterocycles. The number of likely N-dealkylation sites (tertiary alicyclic amines) is 1. The minimum atomic E-state index is -0.133. The summed E-state index contributed by atoms with van der Waals surface area (Å²) in [4.78, 5) is 2.48. The summed E-state index contributed by atoms with van der Waals surface area (Å²) in [6.45, 7) is 6.35. The van der Waals surface area contributed by atoms with Gasteiger partial charge in [-0.15, -0.1) is 0 Å². The molecular formula is C19H22FN. The van der Waals surface area contributed by atoms with E-state index in [1.165, 1.54) is 29.2 Å². The van der Waals surface area contributed by atoms with Crippen molar-refractivity contribution in [1.82, 2.24) is 4.90 Å². The first kappa shape index (κ1) is 14.3. The molecule has 1 heterocycles. The second-order valence-electron chi connectivity index (χ2n) is 6.11. The molecule has 0 radical (unpaired) electrons. The summed E-state index contributed by atoms with van der Waals surface area (Å²) in [5.74, 6) is -0.133. The van der Waals surface area contributed by atoms with Crippen LogP contribution in [0.4, 0.5) is 4.39 Å². The molecule has 1 atom stereocenters. The third kappa shape index (κ3) is 3.16. The number of hydrogen-bond donors (Lipinski definition) is 0. The number of benzene rings is 2. The van der Waals surface area contributed by atoms with Gasteiger partial charge in [0.1, 0.15) is 5.82 Å². The molecule has 110 valence electrons. The highest BCUT2D eigenvalue weighted by molar-refractivity contribution is 5.31. The van der Waals surface area contributed by atoms with Crippen molar-refractivity contribution in [3.63, 3.8) is 0 Å². The van der Waals surface area contributed by atoms with Crippen molar-refractivity contribution in [3.8, 4) is 0 Å². The van der Waals surface area contributed by atoms with E-state index in [9.17, 15) is 4.39 Å². The Balaban J connectivity index is 1.83. The van der Waals surface area contributed by atoms with Gasteiger partial charge in [-0.2, -0.15) is 0 Å². The van der Waals surface area contributed by atoms with Crippen LogP contribution in [0.25, 0.3) is 0 Å². The van der Waals surface area contributed by atoms with Crippen LogP contribution in [-0.2, 0) is 6.54 Å². The molecule has 2 heteroatoms.